The number of hydrogen-bond donors (Lipinski definition) is 2. The van der Waals surface area contributed by atoms with Crippen molar-refractivity contribution in [3.8, 4) is 17.2 Å². The van der Waals surface area contributed by atoms with Gasteiger partial charge in [-0.3, -0.25) is 9.78 Å². The summed E-state index contributed by atoms with van der Waals surface area (Å²) in [5, 5.41) is 3.31. The average molecular weight is 533 g/mol. The second-order valence-corrected chi connectivity index (χ2v) is 9.41. The summed E-state index contributed by atoms with van der Waals surface area (Å²) in [6, 6.07) is 17.0. The summed E-state index contributed by atoms with van der Waals surface area (Å²) in [6.07, 6.45) is 5.02. The molecule has 39 heavy (non-hydrogen) atoms. The molecule has 4 heterocycles. The molecule has 1 unspecified atom stereocenters. The Morgan fingerprint density at radius 3 is 2.92 bits per heavy atom. The Bertz CT molecular complexity index is 1540. The summed E-state index contributed by atoms with van der Waals surface area (Å²) < 4.78 is 42.0. The van der Waals surface area contributed by atoms with Crippen LogP contribution in [0.4, 0.5) is 20.2 Å². The van der Waals surface area contributed by atoms with Crippen LogP contribution < -0.4 is 25.2 Å². The van der Waals surface area contributed by atoms with Gasteiger partial charge in [-0.15, -0.1) is 0 Å². The summed E-state index contributed by atoms with van der Waals surface area (Å²) in [6.45, 7) is -0.640. The second kappa shape index (κ2) is 10.7. The summed E-state index contributed by atoms with van der Waals surface area (Å²) in [4.78, 5) is 20.6. The molecule has 1 fully saturated rings. The average Bonchev–Trinajstić information content (AvgIpc) is 2.94. The van der Waals surface area contributed by atoms with E-state index in [-0.39, 0.29) is 17.4 Å². The first-order valence-electron chi connectivity index (χ1n) is 12.6. The van der Waals surface area contributed by atoms with E-state index in [9.17, 15) is 13.6 Å². The van der Waals surface area contributed by atoms with Crippen molar-refractivity contribution < 1.29 is 23.0 Å². The number of H-pyrrole nitrogens is 1. The normalized spacial score (nSPS) is 16.3. The number of pyridine rings is 2. The van der Waals surface area contributed by atoms with Gasteiger partial charge in [0.1, 0.15) is 23.4 Å². The minimum Gasteiger partial charge on any atom is -0.456 e. The van der Waals surface area contributed by atoms with Gasteiger partial charge in [-0.05, 0) is 41.5 Å². The molecule has 1 atom stereocenters. The fraction of sp³-hybridized carbons (Fsp3) is 0.241. The maximum absolute atomic E-state index is 12.5. The fourth-order valence-corrected chi connectivity index (χ4v) is 5.00. The smallest absolute Gasteiger partial charge is 0.387 e. The number of nitrogens with zero attached hydrogens (tertiary/aromatic N) is 2. The molecular formula is C29H26F2N4O4. The van der Waals surface area contributed by atoms with E-state index in [1.165, 1.54) is 12.3 Å². The number of para-hydroxylation sites is 1. The third-order valence-corrected chi connectivity index (χ3v) is 6.81. The number of aromatic amines is 1. The molecule has 1 saturated heterocycles. The Kier molecular flexibility index (Phi) is 6.85. The number of ether oxygens (including phenoxy) is 3. The number of aromatic nitrogens is 2. The Morgan fingerprint density at radius 1 is 1.13 bits per heavy atom. The molecule has 0 aliphatic carbocycles. The van der Waals surface area contributed by atoms with Crippen LogP contribution in [0.3, 0.4) is 0 Å². The number of halogens is 2. The SMILES string of the molecule is O=c1cc(N2CCOC(c3cccc4c3Oc3ccc(NCc5cncc(OC(F)F)c5)cc3C4)C2)cc[nH]1. The first-order valence-corrected chi connectivity index (χ1v) is 12.6. The Labute approximate surface area is 223 Å². The molecule has 0 amide bonds. The molecule has 2 aromatic heterocycles. The van der Waals surface area contributed by atoms with Gasteiger partial charge < -0.3 is 29.4 Å². The highest BCUT2D eigenvalue weighted by molar-refractivity contribution is 5.59. The topological polar surface area (TPSA) is 88.7 Å². The minimum atomic E-state index is -2.89. The number of alkyl halides is 2. The lowest BCUT2D eigenvalue weighted by atomic mass is 9.95. The van der Waals surface area contributed by atoms with Crippen LogP contribution in [0.2, 0.25) is 0 Å². The van der Waals surface area contributed by atoms with E-state index in [1.54, 1.807) is 18.5 Å². The zero-order valence-electron chi connectivity index (χ0n) is 20.9. The molecule has 0 bridgehead atoms. The van der Waals surface area contributed by atoms with Crippen molar-refractivity contribution in [2.24, 2.45) is 0 Å². The molecule has 6 rings (SSSR count). The van der Waals surface area contributed by atoms with E-state index in [0.29, 0.717) is 32.7 Å². The van der Waals surface area contributed by atoms with Crippen LogP contribution in [-0.4, -0.2) is 36.3 Å². The number of benzene rings is 2. The van der Waals surface area contributed by atoms with Gasteiger partial charge in [-0.1, -0.05) is 18.2 Å². The lowest BCUT2D eigenvalue weighted by molar-refractivity contribution is -0.0501. The van der Waals surface area contributed by atoms with Gasteiger partial charge in [0.05, 0.1) is 12.8 Å². The molecule has 0 spiro atoms. The van der Waals surface area contributed by atoms with Crippen molar-refractivity contribution in [3.63, 3.8) is 0 Å². The lowest BCUT2D eigenvalue weighted by Gasteiger charge is -2.36. The monoisotopic (exact) mass is 532 g/mol. The first-order chi connectivity index (χ1) is 19.0. The summed E-state index contributed by atoms with van der Waals surface area (Å²) in [5.41, 5.74) is 5.41. The van der Waals surface area contributed by atoms with E-state index >= 15 is 0 Å². The maximum Gasteiger partial charge on any atom is 0.387 e. The molecule has 200 valence electrons. The van der Waals surface area contributed by atoms with Crippen molar-refractivity contribution in [1.82, 2.24) is 9.97 Å². The predicted molar refractivity (Wildman–Crippen MR) is 142 cm³/mol. The van der Waals surface area contributed by atoms with E-state index in [4.69, 9.17) is 9.47 Å². The third kappa shape index (κ3) is 5.56. The fourth-order valence-electron chi connectivity index (χ4n) is 5.00. The molecule has 2 aromatic carbocycles. The Balaban J connectivity index is 1.17. The molecule has 0 radical (unpaired) electrons. The molecule has 10 heteroatoms. The van der Waals surface area contributed by atoms with Crippen LogP contribution in [0.15, 0.2) is 78.0 Å². The van der Waals surface area contributed by atoms with Gasteiger partial charge in [0, 0.05) is 67.0 Å². The number of fused-ring (bicyclic) bond motifs is 2. The molecule has 0 saturated carbocycles. The largest absolute Gasteiger partial charge is 0.456 e. The van der Waals surface area contributed by atoms with E-state index in [2.05, 4.69) is 31.0 Å². The molecule has 8 nitrogen and oxygen atoms in total. The van der Waals surface area contributed by atoms with Crippen LogP contribution >= 0.6 is 0 Å². The van der Waals surface area contributed by atoms with Gasteiger partial charge in [-0.25, -0.2) is 0 Å². The molecule has 4 aromatic rings. The zero-order valence-corrected chi connectivity index (χ0v) is 20.9. The van der Waals surface area contributed by atoms with Gasteiger partial charge >= 0.3 is 6.61 Å². The van der Waals surface area contributed by atoms with Crippen molar-refractivity contribution in [2.45, 2.75) is 25.7 Å². The third-order valence-electron chi connectivity index (χ3n) is 6.81. The van der Waals surface area contributed by atoms with E-state index in [1.807, 2.05) is 36.4 Å². The van der Waals surface area contributed by atoms with Crippen LogP contribution in [0.5, 0.6) is 17.2 Å². The second-order valence-electron chi connectivity index (χ2n) is 9.41. The molecule has 2 aliphatic heterocycles. The summed E-state index contributed by atoms with van der Waals surface area (Å²) >= 11 is 0. The van der Waals surface area contributed by atoms with Crippen molar-refractivity contribution in [2.75, 3.05) is 29.9 Å². The first kappa shape index (κ1) is 24.9. The highest BCUT2D eigenvalue weighted by Gasteiger charge is 2.28. The van der Waals surface area contributed by atoms with Crippen LogP contribution in [0.1, 0.15) is 28.4 Å². The van der Waals surface area contributed by atoms with Crippen molar-refractivity contribution in [1.29, 1.82) is 0 Å². The standard InChI is InChI=1S/C29H26F2N4O4/c30-29(31)38-23-10-18(14-32-16-23)15-34-21-4-5-25-20(12-21)11-19-2-1-3-24(28(19)39-25)26-17-35(8-9-37-26)22-6-7-33-27(36)13-22/h1-7,10,12-14,16,26,29,34H,8-9,11,15,17H2,(H,33,36). The minimum absolute atomic E-state index is 0.0260. The number of hydrogen-bond acceptors (Lipinski definition) is 7. The van der Waals surface area contributed by atoms with Gasteiger partial charge in [-0.2, -0.15) is 8.78 Å². The summed E-state index contributed by atoms with van der Waals surface area (Å²) in [5.74, 6) is 1.61. The number of morpholine rings is 1. The molecule has 2 N–H and O–H groups in total. The molecule has 2 aliphatic rings. The highest BCUT2D eigenvalue weighted by Crippen LogP contribution is 2.43. The Morgan fingerprint density at radius 2 is 2.05 bits per heavy atom. The highest BCUT2D eigenvalue weighted by atomic mass is 19.3. The quantitative estimate of drug-likeness (QED) is 0.296. The Hall–Kier alpha value is -4.44. The van der Waals surface area contributed by atoms with Gasteiger partial charge in [0.15, 0.2) is 0 Å². The maximum atomic E-state index is 12.5. The zero-order chi connectivity index (χ0) is 26.8. The van der Waals surface area contributed by atoms with E-state index < -0.39 is 6.61 Å². The van der Waals surface area contributed by atoms with Crippen molar-refractivity contribution >= 4 is 11.4 Å². The van der Waals surface area contributed by atoms with E-state index in [0.717, 1.165) is 45.1 Å². The van der Waals surface area contributed by atoms with Crippen LogP contribution in [0, 0.1) is 0 Å². The van der Waals surface area contributed by atoms with Gasteiger partial charge in [0.25, 0.3) is 0 Å². The number of rotatable bonds is 7. The van der Waals surface area contributed by atoms with Crippen LogP contribution in [-0.2, 0) is 17.7 Å². The van der Waals surface area contributed by atoms with Gasteiger partial charge in [0.2, 0.25) is 5.56 Å². The number of nitrogens with one attached hydrogen (secondary N) is 2. The van der Waals surface area contributed by atoms with Crippen LogP contribution in [0.25, 0.3) is 0 Å². The summed E-state index contributed by atoms with van der Waals surface area (Å²) in [7, 11) is 0. The molecular weight excluding hydrogens is 506 g/mol. The predicted octanol–water partition coefficient (Wildman–Crippen LogP) is 5.26. The van der Waals surface area contributed by atoms with Crippen molar-refractivity contribution in [3.05, 3.63) is 106 Å². The lowest BCUT2D eigenvalue weighted by Crippen LogP contribution is -2.39. The number of anilines is 2.